The van der Waals surface area contributed by atoms with Crippen molar-refractivity contribution in [2.45, 2.75) is 31.9 Å². The number of hydrogen-bond donors (Lipinski definition) is 2. The second-order valence-electron chi connectivity index (χ2n) is 5.26. The second-order valence-corrected chi connectivity index (χ2v) is 6.11. The first kappa shape index (κ1) is 16.1. The number of halogens is 2. The molecule has 0 saturated carbocycles. The first-order chi connectivity index (χ1) is 9.61. The molecule has 0 amide bonds. The van der Waals surface area contributed by atoms with Crippen LogP contribution in [0.25, 0.3) is 0 Å². The average molecular weight is 317 g/mol. The van der Waals surface area contributed by atoms with Gasteiger partial charge in [-0.25, -0.2) is 0 Å². The molecule has 5 heteroatoms. The van der Waals surface area contributed by atoms with Crippen molar-refractivity contribution in [3.05, 3.63) is 33.8 Å². The zero-order valence-electron chi connectivity index (χ0n) is 11.8. The summed E-state index contributed by atoms with van der Waals surface area (Å²) >= 11 is 12.0. The molecule has 1 aliphatic heterocycles. The molecule has 1 aliphatic rings. The monoisotopic (exact) mass is 316 g/mol. The predicted octanol–water partition coefficient (Wildman–Crippen LogP) is 3.10. The van der Waals surface area contributed by atoms with E-state index in [2.05, 4.69) is 17.1 Å². The Labute approximate surface area is 130 Å². The van der Waals surface area contributed by atoms with Crippen LogP contribution in [0.5, 0.6) is 0 Å². The van der Waals surface area contributed by atoms with Crippen LogP contribution in [0.4, 0.5) is 0 Å². The van der Waals surface area contributed by atoms with Crippen molar-refractivity contribution in [2.75, 3.05) is 26.2 Å². The van der Waals surface area contributed by atoms with E-state index in [1.165, 1.54) is 19.4 Å². The molecule has 2 rings (SSSR count). The van der Waals surface area contributed by atoms with Gasteiger partial charge in [0.1, 0.15) is 0 Å². The summed E-state index contributed by atoms with van der Waals surface area (Å²) in [6.45, 7) is 5.87. The Kier molecular flexibility index (Phi) is 6.12. The average Bonchev–Trinajstić information content (AvgIpc) is 2.89. The summed E-state index contributed by atoms with van der Waals surface area (Å²) < 4.78 is 0. The molecule has 1 aromatic carbocycles. The van der Waals surface area contributed by atoms with Crippen LogP contribution in [0.1, 0.15) is 31.4 Å². The van der Waals surface area contributed by atoms with Gasteiger partial charge in [0.2, 0.25) is 0 Å². The third kappa shape index (κ3) is 4.09. The zero-order valence-corrected chi connectivity index (χ0v) is 13.3. The lowest BCUT2D eigenvalue weighted by atomic mass is 10.1. The highest BCUT2D eigenvalue weighted by atomic mass is 35.5. The van der Waals surface area contributed by atoms with Crippen LogP contribution in [-0.4, -0.2) is 42.2 Å². The quantitative estimate of drug-likeness (QED) is 0.846. The number of nitrogens with zero attached hydrogens (tertiary/aromatic N) is 1. The third-order valence-electron chi connectivity index (χ3n) is 3.94. The molecule has 2 unspecified atom stereocenters. The zero-order chi connectivity index (χ0) is 14.5. The Morgan fingerprint density at radius 3 is 3.00 bits per heavy atom. The van der Waals surface area contributed by atoms with E-state index in [9.17, 15) is 5.11 Å². The molecule has 112 valence electrons. The van der Waals surface area contributed by atoms with Crippen LogP contribution in [0, 0.1) is 0 Å². The highest BCUT2D eigenvalue weighted by molar-refractivity contribution is 6.33. The summed E-state index contributed by atoms with van der Waals surface area (Å²) in [5.41, 5.74) is 0.686. The Bertz CT molecular complexity index is 442. The van der Waals surface area contributed by atoms with Crippen molar-refractivity contribution in [2.24, 2.45) is 0 Å². The van der Waals surface area contributed by atoms with Crippen molar-refractivity contribution in [1.29, 1.82) is 0 Å². The lowest BCUT2D eigenvalue weighted by molar-refractivity contribution is 0.168. The minimum atomic E-state index is -0.627. The highest BCUT2D eigenvalue weighted by Crippen LogP contribution is 2.26. The lowest BCUT2D eigenvalue weighted by Gasteiger charge is -2.23. The number of hydrogen-bond acceptors (Lipinski definition) is 3. The molecule has 1 heterocycles. The Morgan fingerprint density at radius 2 is 2.25 bits per heavy atom. The van der Waals surface area contributed by atoms with E-state index in [0.29, 0.717) is 28.2 Å². The maximum Gasteiger partial charge on any atom is 0.0929 e. The van der Waals surface area contributed by atoms with Gasteiger partial charge in [0.05, 0.1) is 6.10 Å². The first-order valence-electron chi connectivity index (χ1n) is 7.19. The summed E-state index contributed by atoms with van der Waals surface area (Å²) in [5.74, 6) is 0. The van der Waals surface area contributed by atoms with E-state index >= 15 is 0 Å². The van der Waals surface area contributed by atoms with E-state index in [4.69, 9.17) is 23.2 Å². The van der Waals surface area contributed by atoms with E-state index in [-0.39, 0.29) is 0 Å². The molecule has 3 nitrogen and oxygen atoms in total. The van der Waals surface area contributed by atoms with Crippen molar-refractivity contribution < 1.29 is 5.11 Å². The summed E-state index contributed by atoms with van der Waals surface area (Å²) in [4.78, 5) is 2.48. The molecule has 0 bridgehead atoms. The van der Waals surface area contributed by atoms with Crippen LogP contribution in [0.15, 0.2) is 18.2 Å². The number of aliphatic hydroxyl groups is 1. The molecule has 0 radical (unpaired) electrons. The molecule has 20 heavy (non-hydrogen) atoms. The van der Waals surface area contributed by atoms with Crippen molar-refractivity contribution >= 4 is 23.2 Å². The minimum Gasteiger partial charge on any atom is -0.387 e. The fourth-order valence-corrected chi connectivity index (χ4v) is 3.23. The number of nitrogens with one attached hydrogen (secondary N) is 1. The van der Waals surface area contributed by atoms with Crippen LogP contribution < -0.4 is 5.32 Å². The van der Waals surface area contributed by atoms with Gasteiger partial charge < -0.3 is 10.4 Å². The molecule has 2 N–H and O–H groups in total. The summed E-state index contributed by atoms with van der Waals surface area (Å²) in [6, 6.07) is 5.76. The van der Waals surface area contributed by atoms with Crippen LogP contribution in [0.3, 0.4) is 0 Å². The van der Waals surface area contributed by atoms with Crippen LogP contribution in [-0.2, 0) is 0 Å². The Morgan fingerprint density at radius 1 is 1.45 bits per heavy atom. The summed E-state index contributed by atoms with van der Waals surface area (Å²) in [7, 11) is 0. The maximum absolute atomic E-state index is 10.2. The summed E-state index contributed by atoms with van der Waals surface area (Å²) in [6.07, 6.45) is 1.87. The molecule has 0 aliphatic carbocycles. The van der Waals surface area contributed by atoms with E-state index in [1.807, 2.05) is 0 Å². The number of likely N-dealkylation sites (tertiary alicyclic amines) is 1. The molecule has 0 aromatic heterocycles. The third-order valence-corrected chi connectivity index (χ3v) is 4.52. The van der Waals surface area contributed by atoms with Gasteiger partial charge in [-0.1, -0.05) is 30.1 Å². The molecular formula is C15H22Cl2N2O. The number of rotatable bonds is 6. The molecule has 1 fully saturated rings. The van der Waals surface area contributed by atoms with Gasteiger partial charge in [-0.3, -0.25) is 4.90 Å². The topological polar surface area (TPSA) is 35.5 Å². The van der Waals surface area contributed by atoms with Gasteiger partial charge in [0.25, 0.3) is 0 Å². The van der Waals surface area contributed by atoms with Crippen LogP contribution in [0.2, 0.25) is 10.0 Å². The van der Waals surface area contributed by atoms with E-state index in [1.54, 1.807) is 18.2 Å². The normalized spacial score (nSPS) is 21.3. The van der Waals surface area contributed by atoms with Gasteiger partial charge in [-0.15, -0.1) is 0 Å². The molecule has 0 spiro atoms. The van der Waals surface area contributed by atoms with E-state index in [0.717, 1.165) is 13.1 Å². The van der Waals surface area contributed by atoms with Gasteiger partial charge >= 0.3 is 0 Å². The van der Waals surface area contributed by atoms with E-state index < -0.39 is 6.10 Å². The SMILES string of the molecule is CCN1CCCC1CNCC(O)c1cc(Cl)ccc1Cl. The molecule has 1 aromatic rings. The van der Waals surface area contributed by atoms with Gasteiger partial charge in [0, 0.05) is 34.7 Å². The van der Waals surface area contributed by atoms with Crippen molar-refractivity contribution in [1.82, 2.24) is 10.2 Å². The van der Waals surface area contributed by atoms with Gasteiger partial charge in [-0.2, -0.15) is 0 Å². The smallest absolute Gasteiger partial charge is 0.0929 e. The number of likely N-dealkylation sites (N-methyl/N-ethyl adjacent to an activating group) is 1. The largest absolute Gasteiger partial charge is 0.387 e. The van der Waals surface area contributed by atoms with Gasteiger partial charge in [0.15, 0.2) is 0 Å². The van der Waals surface area contributed by atoms with Gasteiger partial charge in [-0.05, 0) is 44.1 Å². The Balaban J connectivity index is 1.83. The fraction of sp³-hybridized carbons (Fsp3) is 0.600. The fourth-order valence-electron chi connectivity index (χ4n) is 2.81. The van der Waals surface area contributed by atoms with Crippen molar-refractivity contribution in [3.63, 3.8) is 0 Å². The maximum atomic E-state index is 10.2. The van der Waals surface area contributed by atoms with Crippen LogP contribution >= 0.6 is 23.2 Å². The molecule has 2 atom stereocenters. The first-order valence-corrected chi connectivity index (χ1v) is 7.95. The second kappa shape index (κ2) is 7.62. The lowest BCUT2D eigenvalue weighted by Crippen LogP contribution is -2.39. The summed E-state index contributed by atoms with van der Waals surface area (Å²) in [5, 5.41) is 14.7. The minimum absolute atomic E-state index is 0.494. The molecular weight excluding hydrogens is 295 g/mol. The molecule has 1 saturated heterocycles. The predicted molar refractivity (Wildman–Crippen MR) is 84.6 cm³/mol. The number of aliphatic hydroxyl groups excluding tert-OH is 1. The standard InChI is InChI=1S/C15H22Cl2N2O/c1-2-19-7-3-4-12(19)9-18-10-15(20)13-8-11(16)5-6-14(13)17/h5-6,8,12,15,18,20H,2-4,7,9-10H2,1H3. The number of benzene rings is 1. The Hall–Kier alpha value is -0.320. The highest BCUT2D eigenvalue weighted by Gasteiger charge is 2.22. The van der Waals surface area contributed by atoms with Crippen molar-refractivity contribution in [3.8, 4) is 0 Å².